The fraction of sp³-hybridized carbons (Fsp3) is 0.600. The minimum absolute atomic E-state index is 0.519. The zero-order chi connectivity index (χ0) is 12.8. The Kier molecular flexibility index (Phi) is 5.02. The summed E-state index contributed by atoms with van der Waals surface area (Å²) in [6.45, 7) is 4.98. The summed E-state index contributed by atoms with van der Waals surface area (Å²) in [5.41, 5.74) is 1.36. The number of hydrogen-bond donors (Lipinski definition) is 1. The molecule has 0 bridgehead atoms. The molecule has 1 aromatic carbocycles. The Morgan fingerprint density at radius 3 is 2.72 bits per heavy atom. The van der Waals surface area contributed by atoms with E-state index in [-0.39, 0.29) is 0 Å². The number of methoxy groups -OCH3 is 1. The highest BCUT2D eigenvalue weighted by atomic mass is 16.5. The Hall–Kier alpha value is -1.06. The van der Waals surface area contributed by atoms with E-state index in [0.717, 1.165) is 31.9 Å². The van der Waals surface area contributed by atoms with E-state index in [1.807, 2.05) is 12.1 Å². The number of ether oxygens (including phenoxy) is 2. The monoisotopic (exact) mass is 249 g/mol. The molecule has 0 radical (unpaired) electrons. The molecule has 1 aliphatic rings. The van der Waals surface area contributed by atoms with E-state index < -0.39 is 0 Å². The van der Waals surface area contributed by atoms with Crippen LogP contribution in [0.3, 0.4) is 0 Å². The number of benzene rings is 1. The van der Waals surface area contributed by atoms with Crippen molar-refractivity contribution in [3.8, 4) is 5.75 Å². The van der Waals surface area contributed by atoms with Gasteiger partial charge in [0.2, 0.25) is 0 Å². The van der Waals surface area contributed by atoms with Crippen LogP contribution in [0.1, 0.15) is 18.9 Å². The second-order valence-corrected chi connectivity index (χ2v) is 4.84. The molecule has 18 heavy (non-hydrogen) atoms. The average molecular weight is 249 g/mol. The molecule has 1 aliphatic heterocycles. The molecule has 0 saturated carbocycles. The highest BCUT2D eigenvalue weighted by molar-refractivity contribution is 5.27. The van der Waals surface area contributed by atoms with Gasteiger partial charge in [-0.05, 0) is 37.1 Å². The van der Waals surface area contributed by atoms with Crippen LogP contribution in [-0.2, 0) is 11.2 Å². The summed E-state index contributed by atoms with van der Waals surface area (Å²) < 4.78 is 10.7. The molecule has 1 fully saturated rings. The summed E-state index contributed by atoms with van der Waals surface area (Å²) in [5.74, 6) is 1.56. The molecule has 1 N–H and O–H groups in total. The predicted octanol–water partition coefficient (Wildman–Crippen LogP) is 2.25. The van der Waals surface area contributed by atoms with Gasteiger partial charge in [0.15, 0.2) is 0 Å². The van der Waals surface area contributed by atoms with Crippen molar-refractivity contribution in [1.29, 1.82) is 0 Å². The van der Waals surface area contributed by atoms with E-state index in [1.165, 1.54) is 12.0 Å². The minimum Gasteiger partial charge on any atom is -0.497 e. The third kappa shape index (κ3) is 3.47. The Bertz CT molecular complexity index is 344. The quantitative estimate of drug-likeness (QED) is 0.839. The van der Waals surface area contributed by atoms with Gasteiger partial charge in [-0.15, -0.1) is 0 Å². The van der Waals surface area contributed by atoms with E-state index in [9.17, 15) is 0 Å². The van der Waals surface area contributed by atoms with E-state index in [0.29, 0.717) is 12.0 Å². The third-order valence-corrected chi connectivity index (χ3v) is 3.61. The van der Waals surface area contributed by atoms with E-state index in [1.54, 1.807) is 7.11 Å². The first-order chi connectivity index (χ1) is 8.83. The van der Waals surface area contributed by atoms with Crippen molar-refractivity contribution >= 4 is 0 Å². The van der Waals surface area contributed by atoms with Gasteiger partial charge in [-0.25, -0.2) is 0 Å². The number of rotatable bonds is 6. The van der Waals surface area contributed by atoms with Gasteiger partial charge in [-0.3, -0.25) is 0 Å². The Morgan fingerprint density at radius 2 is 2.17 bits per heavy atom. The van der Waals surface area contributed by atoms with Crippen molar-refractivity contribution < 1.29 is 9.47 Å². The van der Waals surface area contributed by atoms with Gasteiger partial charge < -0.3 is 14.8 Å². The van der Waals surface area contributed by atoms with Crippen LogP contribution in [0.25, 0.3) is 0 Å². The topological polar surface area (TPSA) is 30.5 Å². The number of likely N-dealkylation sites (N-methyl/N-ethyl adjacent to an activating group) is 1. The van der Waals surface area contributed by atoms with E-state index in [4.69, 9.17) is 9.47 Å². The first kappa shape index (κ1) is 13.4. The minimum atomic E-state index is 0.519. The van der Waals surface area contributed by atoms with Gasteiger partial charge in [0.05, 0.1) is 13.7 Å². The molecule has 3 heteroatoms. The number of hydrogen-bond acceptors (Lipinski definition) is 3. The lowest BCUT2D eigenvalue weighted by molar-refractivity contribution is 0.176. The van der Waals surface area contributed by atoms with Gasteiger partial charge in [-0.2, -0.15) is 0 Å². The molecule has 2 atom stereocenters. The predicted molar refractivity (Wildman–Crippen MR) is 73.1 cm³/mol. The van der Waals surface area contributed by atoms with Crippen LogP contribution < -0.4 is 10.1 Å². The highest BCUT2D eigenvalue weighted by Crippen LogP contribution is 2.21. The molecular formula is C15H23NO2. The fourth-order valence-electron chi connectivity index (χ4n) is 2.55. The zero-order valence-electron chi connectivity index (χ0n) is 11.3. The molecule has 1 heterocycles. The Labute approximate surface area is 109 Å². The van der Waals surface area contributed by atoms with Crippen molar-refractivity contribution in [3.05, 3.63) is 29.8 Å². The van der Waals surface area contributed by atoms with E-state index in [2.05, 4.69) is 24.4 Å². The van der Waals surface area contributed by atoms with Crippen LogP contribution in [-0.4, -0.2) is 32.9 Å². The van der Waals surface area contributed by atoms with Gasteiger partial charge in [0.1, 0.15) is 5.75 Å². The fourth-order valence-corrected chi connectivity index (χ4v) is 2.55. The van der Waals surface area contributed by atoms with Crippen LogP contribution >= 0.6 is 0 Å². The molecule has 0 aromatic heterocycles. The van der Waals surface area contributed by atoms with E-state index >= 15 is 0 Å². The normalized spacial score (nSPS) is 20.9. The maximum absolute atomic E-state index is 5.50. The molecule has 0 aliphatic carbocycles. The molecule has 100 valence electrons. The summed E-state index contributed by atoms with van der Waals surface area (Å²) in [4.78, 5) is 0. The van der Waals surface area contributed by atoms with Crippen LogP contribution in [0.5, 0.6) is 5.75 Å². The highest BCUT2D eigenvalue weighted by Gasteiger charge is 2.25. The summed E-state index contributed by atoms with van der Waals surface area (Å²) in [5, 5.41) is 3.59. The molecule has 2 unspecified atom stereocenters. The van der Waals surface area contributed by atoms with Crippen LogP contribution in [0, 0.1) is 5.92 Å². The third-order valence-electron chi connectivity index (χ3n) is 3.61. The van der Waals surface area contributed by atoms with Crippen molar-refractivity contribution in [2.75, 3.05) is 26.9 Å². The van der Waals surface area contributed by atoms with Gasteiger partial charge >= 0.3 is 0 Å². The SMILES string of the molecule is CCNC(Cc1ccc(OC)cc1)C1CCOC1. The smallest absolute Gasteiger partial charge is 0.118 e. The Morgan fingerprint density at radius 1 is 1.39 bits per heavy atom. The maximum Gasteiger partial charge on any atom is 0.118 e. The van der Waals surface area contributed by atoms with Crippen molar-refractivity contribution in [2.24, 2.45) is 5.92 Å². The zero-order valence-corrected chi connectivity index (χ0v) is 11.3. The second-order valence-electron chi connectivity index (χ2n) is 4.84. The van der Waals surface area contributed by atoms with Gasteiger partial charge in [-0.1, -0.05) is 19.1 Å². The van der Waals surface area contributed by atoms with Crippen molar-refractivity contribution in [3.63, 3.8) is 0 Å². The number of nitrogens with one attached hydrogen (secondary N) is 1. The Balaban J connectivity index is 1.98. The van der Waals surface area contributed by atoms with Crippen molar-refractivity contribution in [2.45, 2.75) is 25.8 Å². The summed E-state index contributed by atoms with van der Waals surface area (Å²) >= 11 is 0. The second kappa shape index (κ2) is 6.76. The lowest BCUT2D eigenvalue weighted by Gasteiger charge is -2.23. The largest absolute Gasteiger partial charge is 0.497 e. The molecule has 0 spiro atoms. The summed E-state index contributed by atoms with van der Waals surface area (Å²) in [7, 11) is 1.70. The summed E-state index contributed by atoms with van der Waals surface area (Å²) in [6, 6.07) is 8.89. The summed E-state index contributed by atoms with van der Waals surface area (Å²) in [6.07, 6.45) is 2.24. The van der Waals surface area contributed by atoms with Crippen molar-refractivity contribution in [1.82, 2.24) is 5.32 Å². The molecule has 1 saturated heterocycles. The van der Waals surface area contributed by atoms with Crippen LogP contribution in [0.2, 0.25) is 0 Å². The average Bonchev–Trinajstić information content (AvgIpc) is 2.93. The molecule has 2 rings (SSSR count). The molecular weight excluding hydrogens is 226 g/mol. The van der Waals surface area contributed by atoms with Crippen LogP contribution in [0.15, 0.2) is 24.3 Å². The van der Waals surface area contributed by atoms with Crippen LogP contribution in [0.4, 0.5) is 0 Å². The van der Waals surface area contributed by atoms with Gasteiger partial charge in [0, 0.05) is 18.6 Å². The molecule has 3 nitrogen and oxygen atoms in total. The lowest BCUT2D eigenvalue weighted by atomic mass is 9.93. The first-order valence-corrected chi connectivity index (χ1v) is 6.77. The lowest BCUT2D eigenvalue weighted by Crippen LogP contribution is -2.38. The van der Waals surface area contributed by atoms with Gasteiger partial charge in [0.25, 0.3) is 0 Å². The first-order valence-electron chi connectivity index (χ1n) is 6.77. The maximum atomic E-state index is 5.50. The standard InChI is InChI=1S/C15H23NO2/c1-3-16-15(13-8-9-18-11-13)10-12-4-6-14(17-2)7-5-12/h4-7,13,15-16H,3,8-11H2,1-2H3. The molecule has 1 aromatic rings. The molecule has 0 amide bonds.